The van der Waals surface area contributed by atoms with E-state index < -0.39 is 11.4 Å². The fourth-order valence-electron chi connectivity index (χ4n) is 2.54. The first-order valence-electron chi connectivity index (χ1n) is 7.03. The summed E-state index contributed by atoms with van der Waals surface area (Å²) in [6, 6.07) is 2.93. The predicted octanol–water partition coefficient (Wildman–Crippen LogP) is 3.31. The highest BCUT2D eigenvalue weighted by atomic mass is 35.5. The molecule has 23 heavy (non-hydrogen) atoms. The number of alkyl halides is 3. The van der Waals surface area contributed by atoms with Crippen LogP contribution in [-0.4, -0.2) is 40.4 Å². The van der Waals surface area contributed by atoms with E-state index in [4.69, 9.17) is 5.73 Å². The molecule has 130 valence electrons. The molecule has 2 rings (SSSR count). The number of carbonyl (C=O) groups is 1. The molecule has 1 aliphatic rings. The molecule has 1 amide bonds. The molecule has 0 radical (unpaired) electrons. The largest absolute Gasteiger partial charge is 0.447 e. The molecule has 0 saturated carbocycles. The van der Waals surface area contributed by atoms with E-state index in [-0.39, 0.29) is 40.8 Å². The molecule has 0 aromatic carbocycles. The van der Waals surface area contributed by atoms with E-state index in [0.717, 1.165) is 12.8 Å². The molecule has 1 atom stereocenters. The van der Waals surface area contributed by atoms with Crippen molar-refractivity contribution >= 4 is 30.1 Å². The zero-order valence-electron chi connectivity index (χ0n) is 12.5. The number of piperidine rings is 1. The van der Waals surface area contributed by atoms with Gasteiger partial charge in [0.25, 0.3) is 5.91 Å². The maximum Gasteiger partial charge on any atom is 0.447 e. The maximum absolute atomic E-state index is 12.6. The normalized spacial score (nSPS) is 17.5. The molecule has 1 fully saturated rings. The molecule has 2 N–H and O–H groups in total. The van der Waals surface area contributed by atoms with E-state index in [1.165, 1.54) is 18.3 Å². The van der Waals surface area contributed by atoms with E-state index >= 15 is 0 Å². The first-order valence-corrected chi connectivity index (χ1v) is 7.85. The molecule has 1 aromatic heterocycles. The van der Waals surface area contributed by atoms with Crippen LogP contribution >= 0.6 is 24.2 Å². The van der Waals surface area contributed by atoms with Gasteiger partial charge in [0.05, 0.1) is 5.56 Å². The van der Waals surface area contributed by atoms with E-state index in [1.54, 1.807) is 4.90 Å². The van der Waals surface area contributed by atoms with Crippen LogP contribution in [-0.2, 0) is 0 Å². The fraction of sp³-hybridized carbons (Fsp3) is 0.571. The molecule has 1 unspecified atom stereocenters. The molecule has 4 nitrogen and oxygen atoms in total. The summed E-state index contributed by atoms with van der Waals surface area (Å²) in [6.45, 7) is 2.95. The molecular formula is C14H19ClF3N3OS. The van der Waals surface area contributed by atoms with Crippen LogP contribution in [0.4, 0.5) is 13.2 Å². The van der Waals surface area contributed by atoms with Crippen molar-refractivity contribution in [2.24, 2.45) is 11.7 Å². The molecule has 1 aliphatic heterocycles. The second kappa shape index (κ2) is 8.21. The lowest BCUT2D eigenvalue weighted by molar-refractivity contribution is -0.0329. The summed E-state index contributed by atoms with van der Waals surface area (Å²) in [4.78, 5) is 17.7. The third-order valence-corrected chi connectivity index (χ3v) is 4.53. The van der Waals surface area contributed by atoms with E-state index in [9.17, 15) is 18.0 Å². The number of hydrogen-bond donors (Lipinski definition) is 1. The van der Waals surface area contributed by atoms with Gasteiger partial charge in [-0.1, -0.05) is 0 Å². The van der Waals surface area contributed by atoms with Crippen LogP contribution in [0.25, 0.3) is 0 Å². The standard InChI is InChI=1S/C14H18F3N3OS.ClH/c1-9(18)10-4-7-20(8-5-10)13(21)11-3-2-6-19-12(11)22-14(15,16)17;/h2-3,6,9-10H,4-5,7-8,18H2,1H3;1H. The highest BCUT2D eigenvalue weighted by molar-refractivity contribution is 8.00. The summed E-state index contributed by atoms with van der Waals surface area (Å²) < 4.78 is 37.7. The smallest absolute Gasteiger partial charge is 0.339 e. The minimum atomic E-state index is -4.47. The molecule has 9 heteroatoms. The second-order valence-corrected chi connectivity index (χ2v) is 6.45. The number of likely N-dealkylation sites (tertiary alicyclic amines) is 1. The highest BCUT2D eigenvalue weighted by Crippen LogP contribution is 2.37. The number of aromatic nitrogens is 1. The van der Waals surface area contributed by atoms with Gasteiger partial charge in [-0.05, 0) is 37.8 Å². The summed E-state index contributed by atoms with van der Waals surface area (Å²) in [7, 11) is 0. The molecule has 0 bridgehead atoms. The van der Waals surface area contributed by atoms with Crippen molar-refractivity contribution in [1.29, 1.82) is 0 Å². The minimum absolute atomic E-state index is 0. The lowest BCUT2D eigenvalue weighted by Crippen LogP contribution is -2.42. The molecule has 1 aromatic rings. The van der Waals surface area contributed by atoms with Gasteiger partial charge >= 0.3 is 5.51 Å². The Morgan fingerprint density at radius 2 is 2.04 bits per heavy atom. The van der Waals surface area contributed by atoms with Crippen molar-refractivity contribution in [3.05, 3.63) is 23.9 Å². The third-order valence-electron chi connectivity index (χ3n) is 3.78. The van der Waals surface area contributed by atoms with E-state index in [2.05, 4.69) is 4.98 Å². The number of thioether (sulfide) groups is 1. The summed E-state index contributed by atoms with van der Waals surface area (Å²) in [5.74, 6) is -0.0510. The first-order chi connectivity index (χ1) is 10.3. The molecular weight excluding hydrogens is 351 g/mol. The molecule has 0 aliphatic carbocycles. The van der Waals surface area contributed by atoms with Crippen LogP contribution in [0.5, 0.6) is 0 Å². The van der Waals surface area contributed by atoms with Gasteiger partial charge in [-0.15, -0.1) is 12.4 Å². The Bertz CT molecular complexity index is 534. The number of amides is 1. The van der Waals surface area contributed by atoms with Gasteiger partial charge < -0.3 is 10.6 Å². The number of halogens is 4. The third kappa shape index (κ3) is 5.54. The van der Waals surface area contributed by atoms with Crippen molar-refractivity contribution < 1.29 is 18.0 Å². The second-order valence-electron chi connectivity index (χ2n) is 5.39. The fourth-order valence-corrected chi connectivity index (χ4v) is 3.14. The van der Waals surface area contributed by atoms with Crippen LogP contribution in [0.1, 0.15) is 30.1 Å². The van der Waals surface area contributed by atoms with Crippen LogP contribution in [0, 0.1) is 5.92 Å². The van der Waals surface area contributed by atoms with Crippen molar-refractivity contribution in [2.75, 3.05) is 13.1 Å². The topological polar surface area (TPSA) is 59.2 Å². The Morgan fingerprint density at radius 1 is 1.43 bits per heavy atom. The van der Waals surface area contributed by atoms with Crippen LogP contribution in [0.3, 0.4) is 0 Å². The van der Waals surface area contributed by atoms with E-state index in [1.807, 2.05) is 6.92 Å². The SMILES string of the molecule is CC(N)C1CCN(C(=O)c2cccnc2SC(F)(F)F)CC1.Cl. The summed E-state index contributed by atoms with van der Waals surface area (Å²) >= 11 is -0.353. The van der Waals surface area contributed by atoms with Crippen LogP contribution in [0.2, 0.25) is 0 Å². The Labute approximate surface area is 143 Å². The van der Waals surface area contributed by atoms with Crippen molar-refractivity contribution in [3.8, 4) is 0 Å². The average molecular weight is 370 g/mol. The Morgan fingerprint density at radius 3 is 2.57 bits per heavy atom. The van der Waals surface area contributed by atoms with E-state index in [0.29, 0.717) is 19.0 Å². The van der Waals surface area contributed by atoms with Crippen molar-refractivity contribution in [3.63, 3.8) is 0 Å². The van der Waals surface area contributed by atoms with Gasteiger partial charge in [0.1, 0.15) is 5.03 Å². The van der Waals surface area contributed by atoms with Crippen molar-refractivity contribution in [2.45, 2.75) is 36.3 Å². The van der Waals surface area contributed by atoms with Gasteiger partial charge in [-0.3, -0.25) is 4.79 Å². The van der Waals surface area contributed by atoms with Gasteiger partial charge in [-0.25, -0.2) is 4.98 Å². The molecule has 2 heterocycles. The first kappa shape index (κ1) is 20.1. The number of nitrogens with zero attached hydrogens (tertiary/aromatic N) is 2. The summed E-state index contributed by atoms with van der Waals surface area (Å²) in [5, 5.41) is -0.297. The number of pyridine rings is 1. The summed E-state index contributed by atoms with van der Waals surface area (Å²) in [6.07, 6.45) is 2.80. The Balaban J connectivity index is 0.00000264. The summed E-state index contributed by atoms with van der Waals surface area (Å²) in [5.41, 5.74) is 1.39. The number of rotatable bonds is 3. The lowest BCUT2D eigenvalue weighted by atomic mass is 9.91. The molecule has 1 saturated heterocycles. The number of hydrogen-bond acceptors (Lipinski definition) is 4. The quantitative estimate of drug-likeness (QED) is 0.830. The Hall–Kier alpha value is -0.990. The highest BCUT2D eigenvalue weighted by Gasteiger charge is 2.33. The number of nitrogens with two attached hydrogens (primary N) is 1. The van der Waals surface area contributed by atoms with Gasteiger partial charge in [0.2, 0.25) is 0 Å². The maximum atomic E-state index is 12.6. The van der Waals surface area contributed by atoms with Gasteiger partial charge in [-0.2, -0.15) is 13.2 Å². The monoisotopic (exact) mass is 369 g/mol. The van der Waals surface area contributed by atoms with Gasteiger partial charge in [0.15, 0.2) is 0 Å². The number of carbonyl (C=O) groups excluding carboxylic acids is 1. The predicted molar refractivity (Wildman–Crippen MR) is 85.7 cm³/mol. The van der Waals surface area contributed by atoms with Crippen LogP contribution < -0.4 is 5.73 Å². The average Bonchev–Trinajstić information content (AvgIpc) is 2.45. The minimum Gasteiger partial charge on any atom is -0.339 e. The lowest BCUT2D eigenvalue weighted by Gasteiger charge is -2.34. The zero-order valence-corrected chi connectivity index (χ0v) is 14.2. The zero-order chi connectivity index (χ0) is 16.3. The van der Waals surface area contributed by atoms with Crippen molar-refractivity contribution in [1.82, 2.24) is 9.88 Å². The molecule has 0 spiro atoms. The Kier molecular flexibility index (Phi) is 7.16. The van der Waals surface area contributed by atoms with Crippen LogP contribution in [0.15, 0.2) is 23.4 Å². The van der Waals surface area contributed by atoms with Gasteiger partial charge in [0, 0.05) is 37.1 Å².